The zero-order chi connectivity index (χ0) is 14.7. The molecule has 1 heterocycles. The maximum Gasteiger partial charge on any atom is 0.238 e. The van der Waals surface area contributed by atoms with E-state index in [1.165, 1.54) is 4.90 Å². The number of aryl methyl sites for hydroxylation is 1. The van der Waals surface area contributed by atoms with E-state index >= 15 is 0 Å². The number of methoxy groups -OCH3 is 1. The molecule has 1 saturated carbocycles. The largest absolute Gasteiger partial charge is 0.496 e. The number of anilines is 1. The van der Waals surface area contributed by atoms with Gasteiger partial charge >= 0.3 is 0 Å². The standard InChI is InChI=1S/C17H17NO3/c1-9-3-6-12(8-13(9)21-2)18-16(19)14-10-4-5-11(7-10)15(14)17(18)20/h3-6,8,10-11,14-15H,7H2,1-2H3/t10-,11+,14-,15?/m1/s1. The van der Waals surface area contributed by atoms with Crippen molar-refractivity contribution in [2.45, 2.75) is 13.3 Å². The average molecular weight is 283 g/mol. The van der Waals surface area contributed by atoms with Crippen LogP contribution in [0.3, 0.4) is 0 Å². The molecule has 3 aliphatic rings. The lowest BCUT2D eigenvalue weighted by atomic mass is 9.85. The number of hydrogen-bond donors (Lipinski definition) is 0. The van der Waals surface area contributed by atoms with Gasteiger partial charge in [-0.05, 0) is 36.8 Å². The van der Waals surface area contributed by atoms with Gasteiger partial charge < -0.3 is 4.74 Å². The van der Waals surface area contributed by atoms with Crippen molar-refractivity contribution in [2.24, 2.45) is 23.7 Å². The van der Waals surface area contributed by atoms with Crippen molar-refractivity contribution < 1.29 is 14.3 Å². The van der Waals surface area contributed by atoms with Gasteiger partial charge in [-0.3, -0.25) is 9.59 Å². The monoisotopic (exact) mass is 283 g/mol. The molecular formula is C17H17NO3. The van der Waals surface area contributed by atoms with E-state index < -0.39 is 0 Å². The van der Waals surface area contributed by atoms with Crippen LogP contribution in [0, 0.1) is 30.6 Å². The summed E-state index contributed by atoms with van der Waals surface area (Å²) in [6.07, 6.45) is 5.17. The van der Waals surface area contributed by atoms with Crippen molar-refractivity contribution in [3.05, 3.63) is 35.9 Å². The summed E-state index contributed by atoms with van der Waals surface area (Å²) in [5, 5.41) is 0. The Morgan fingerprint density at radius 3 is 2.29 bits per heavy atom. The van der Waals surface area contributed by atoms with E-state index in [0.29, 0.717) is 11.4 Å². The summed E-state index contributed by atoms with van der Waals surface area (Å²) in [7, 11) is 1.60. The molecule has 1 aromatic carbocycles. The average Bonchev–Trinajstić information content (AvgIpc) is 3.14. The number of allylic oxidation sites excluding steroid dienone is 2. The Hall–Kier alpha value is -2.10. The smallest absolute Gasteiger partial charge is 0.238 e. The topological polar surface area (TPSA) is 46.6 Å². The van der Waals surface area contributed by atoms with Gasteiger partial charge in [-0.25, -0.2) is 4.90 Å². The zero-order valence-corrected chi connectivity index (χ0v) is 12.1. The van der Waals surface area contributed by atoms with Gasteiger partial charge in [0.05, 0.1) is 24.6 Å². The van der Waals surface area contributed by atoms with Crippen molar-refractivity contribution in [1.29, 1.82) is 0 Å². The Balaban J connectivity index is 1.74. The number of rotatable bonds is 2. The highest BCUT2D eigenvalue weighted by atomic mass is 16.5. The summed E-state index contributed by atoms with van der Waals surface area (Å²) in [5.41, 5.74) is 1.61. The fraction of sp³-hybridized carbons (Fsp3) is 0.412. The van der Waals surface area contributed by atoms with Crippen LogP contribution in [-0.2, 0) is 9.59 Å². The second-order valence-electron chi connectivity index (χ2n) is 6.17. The number of carbonyl (C=O) groups excluding carboxylic acids is 2. The summed E-state index contributed by atoms with van der Waals surface area (Å²) < 4.78 is 5.30. The van der Waals surface area contributed by atoms with Crippen LogP contribution in [0.1, 0.15) is 12.0 Å². The molecule has 108 valence electrons. The van der Waals surface area contributed by atoms with Crippen LogP contribution < -0.4 is 9.64 Å². The third-order valence-corrected chi connectivity index (χ3v) is 5.12. The van der Waals surface area contributed by atoms with Crippen molar-refractivity contribution >= 4 is 17.5 Å². The Kier molecular flexibility index (Phi) is 2.52. The van der Waals surface area contributed by atoms with Crippen LogP contribution in [-0.4, -0.2) is 18.9 Å². The molecule has 2 aliphatic carbocycles. The lowest BCUT2D eigenvalue weighted by molar-refractivity contribution is -0.123. The molecule has 21 heavy (non-hydrogen) atoms. The van der Waals surface area contributed by atoms with E-state index in [2.05, 4.69) is 12.2 Å². The highest BCUT2D eigenvalue weighted by Crippen LogP contribution is 2.53. The molecule has 1 saturated heterocycles. The summed E-state index contributed by atoms with van der Waals surface area (Å²) in [6.45, 7) is 1.94. The summed E-state index contributed by atoms with van der Waals surface area (Å²) in [5.74, 6) is 0.786. The van der Waals surface area contributed by atoms with E-state index in [1.54, 1.807) is 13.2 Å². The van der Waals surface area contributed by atoms with Crippen LogP contribution in [0.4, 0.5) is 5.69 Å². The summed E-state index contributed by atoms with van der Waals surface area (Å²) in [4.78, 5) is 26.8. The van der Waals surface area contributed by atoms with Crippen molar-refractivity contribution in [1.82, 2.24) is 0 Å². The molecule has 4 atom stereocenters. The number of carbonyl (C=O) groups is 2. The van der Waals surface area contributed by atoms with Crippen LogP contribution in [0.5, 0.6) is 5.75 Å². The first-order chi connectivity index (χ1) is 10.1. The minimum absolute atomic E-state index is 0.0484. The third-order valence-electron chi connectivity index (χ3n) is 5.12. The molecule has 2 amide bonds. The van der Waals surface area contributed by atoms with Crippen molar-refractivity contribution in [3.8, 4) is 5.75 Å². The fourth-order valence-electron chi connectivity index (χ4n) is 4.10. The molecule has 1 unspecified atom stereocenters. The van der Waals surface area contributed by atoms with E-state index in [9.17, 15) is 9.59 Å². The molecule has 0 aromatic heterocycles. The van der Waals surface area contributed by atoms with Gasteiger partial charge in [-0.2, -0.15) is 0 Å². The van der Waals surface area contributed by atoms with Crippen molar-refractivity contribution in [3.63, 3.8) is 0 Å². The normalized spacial score (nSPS) is 33.0. The van der Waals surface area contributed by atoms with E-state index in [4.69, 9.17) is 4.74 Å². The van der Waals surface area contributed by atoms with Crippen LogP contribution in [0.2, 0.25) is 0 Å². The molecular weight excluding hydrogens is 266 g/mol. The minimum atomic E-state index is -0.153. The first kappa shape index (κ1) is 12.6. The highest BCUT2D eigenvalue weighted by molar-refractivity contribution is 6.22. The number of amides is 2. The molecule has 0 radical (unpaired) electrons. The molecule has 0 spiro atoms. The Morgan fingerprint density at radius 2 is 1.71 bits per heavy atom. The van der Waals surface area contributed by atoms with Gasteiger partial charge in [0, 0.05) is 6.07 Å². The molecule has 1 aliphatic heterocycles. The quantitative estimate of drug-likeness (QED) is 0.618. The SMILES string of the molecule is COc1cc(N2C(=O)C3[C@H]4C=C[C@H](C4)[C@H]3C2=O)ccc1C. The van der Waals surface area contributed by atoms with Gasteiger partial charge in [0.25, 0.3) is 0 Å². The number of fused-ring (bicyclic) bond motifs is 5. The van der Waals surface area contributed by atoms with Gasteiger partial charge in [-0.15, -0.1) is 0 Å². The Bertz CT molecular complexity index is 649. The number of ether oxygens (including phenoxy) is 1. The molecule has 2 bridgehead atoms. The number of benzene rings is 1. The minimum Gasteiger partial charge on any atom is -0.496 e. The Labute approximate surface area is 123 Å². The molecule has 2 fully saturated rings. The molecule has 4 rings (SSSR count). The number of imide groups is 1. The summed E-state index contributed by atoms with van der Waals surface area (Å²) >= 11 is 0. The lowest BCUT2D eigenvalue weighted by Crippen LogP contribution is -2.32. The second kappa shape index (κ2) is 4.20. The van der Waals surface area contributed by atoms with Gasteiger partial charge in [-0.1, -0.05) is 18.2 Å². The first-order valence-corrected chi connectivity index (χ1v) is 7.32. The second-order valence-corrected chi connectivity index (χ2v) is 6.17. The number of nitrogens with zero attached hydrogens (tertiary/aromatic N) is 1. The predicted octanol–water partition coefficient (Wildman–Crippen LogP) is 2.32. The summed E-state index contributed by atoms with van der Waals surface area (Å²) in [6, 6.07) is 5.49. The maximum absolute atomic E-state index is 12.7. The molecule has 0 N–H and O–H groups in total. The van der Waals surface area contributed by atoms with E-state index in [0.717, 1.165) is 12.0 Å². The molecule has 4 nitrogen and oxygen atoms in total. The van der Waals surface area contributed by atoms with Crippen LogP contribution >= 0.6 is 0 Å². The molecule has 4 heteroatoms. The van der Waals surface area contributed by atoms with Crippen molar-refractivity contribution in [2.75, 3.05) is 12.0 Å². The number of hydrogen-bond acceptors (Lipinski definition) is 3. The highest BCUT2D eigenvalue weighted by Gasteiger charge is 2.59. The van der Waals surface area contributed by atoms with E-state index in [1.807, 2.05) is 19.1 Å². The lowest BCUT2D eigenvalue weighted by Gasteiger charge is -2.18. The van der Waals surface area contributed by atoms with E-state index in [-0.39, 0.29) is 35.5 Å². The fourth-order valence-corrected chi connectivity index (χ4v) is 4.10. The van der Waals surface area contributed by atoms with Gasteiger partial charge in [0.2, 0.25) is 11.8 Å². The zero-order valence-electron chi connectivity index (χ0n) is 12.1. The predicted molar refractivity (Wildman–Crippen MR) is 77.9 cm³/mol. The van der Waals surface area contributed by atoms with Gasteiger partial charge in [0.1, 0.15) is 5.75 Å². The Morgan fingerprint density at radius 1 is 1.10 bits per heavy atom. The van der Waals surface area contributed by atoms with Crippen LogP contribution in [0.15, 0.2) is 30.4 Å². The molecule has 1 aromatic rings. The van der Waals surface area contributed by atoms with Crippen LogP contribution in [0.25, 0.3) is 0 Å². The van der Waals surface area contributed by atoms with Gasteiger partial charge in [0.15, 0.2) is 0 Å². The first-order valence-electron chi connectivity index (χ1n) is 7.32. The third kappa shape index (κ3) is 1.56. The maximum atomic E-state index is 12.7.